The third-order valence-electron chi connectivity index (χ3n) is 5.68. The first kappa shape index (κ1) is 30.9. The van der Waals surface area contributed by atoms with E-state index < -0.39 is 16.5 Å². The van der Waals surface area contributed by atoms with Crippen molar-refractivity contribution >= 4 is 28.2 Å². The van der Waals surface area contributed by atoms with Gasteiger partial charge in [0.2, 0.25) is 5.91 Å². The number of hydrogen-bond acceptors (Lipinski definition) is 6. The number of nitrogens with one attached hydrogen (secondary N) is 2. The summed E-state index contributed by atoms with van der Waals surface area (Å²) in [5.74, 6) is -0.519. The maximum absolute atomic E-state index is 13.4. The molecule has 2 rings (SSSR count). The Bertz CT molecular complexity index is 1230. The summed E-state index contributed by atoms with van der Waals surface area (Å²) in [7, 11) is -3.06. The van der Waals surface area contributed by atoms with Crippen LogP contribution in [-0.4, -0.2) is 58.0 Å². The van der Waals surface area contributed by atoms with Crippen LogP contribution in [0.2, 0.25) is 0 Å². The zero-order valence-electron chi connectivity index (χ0n) is 22.7. The molecular weight excluding hydrogens is 503 g/mol. The average Bonchev–Trinajstić information content (AvgIpc) is 3.26. The largest absolute Gasteiger partial charge is 0.365 e. The molecule has 2 N–H and O–H groups in total. The number of sulfone groups is 1. The van der Waals surface area contributed by atoms with Crippen molar-refractivity contribution in [2.45, 2.75) is 46.1 Å². The summed E-state index contributed by atoms with van der Waals surface area (Å²) in [6, 6.07) is -0.304. The Balaban J connectivity index is 1.85. The molecule has 9 heteroatoms. The van der Waals surface area contributed by atoms with E-state index in [2.05, 4.69) is 27.2 Å². The van der Waals surface area contributed by atoms with E-state index in [1.807, 2.05) is 50.4 Å². The van der Waals surface area contributed by atoms with E-state index >= 15 is 0 Å². The number of amides is 1. The second kappa shape index (κ2) is 15.2. The van der Waals surface area contributed by atoms with Crippen molar-refractivity contribution < 1.29 is 17.6 Å². The highest BCUT2D eigenvalue weighted by molar-refractivity contribution is 7.90. The lowest BCUT2D eigenvalue weighted by Crippen LogP contribution is -2.32. The standard InChI is InChI=1S/C29H39FN4O3S/c1-21(7-6-8-22(2)17-32-24(4)20-38(5,36)37)13-28-15-26(11-12-31-28)29(35)34-19-25(16-30)9-10-27-14-23(3)18-33-27/h6-10,12,15,17-18,24,26,33H,1,11,13-14,16,19-20H2,2-5H3,(H,34,35)/b7-6+,22-8-,25-9+,27-10+,32-17?/t24-,26?/m1/s1. The van der Waals surface area contributed by atoms with E-state index in [1.165, 1.54) is 11.8 Å². The van der Waals surface area contributed by atoms with Gasteiger partial charge in [-0.1, -0.05) is 36.5 Å². The molecule has 0 aliphatic carbocycles. The zero-order valence-corrected chi connectivity index (χ0v) is 23.5. The lowest BCUT2D eigenvalue weighted by molar-refractivity contribution is -0.123. The summed E-state index contributed by atoms with van der Waals surface area (Å²) in [5.41, 5.74) is 5.18. The smallest absolute Gasteiger partial charge is 0.227 e. The Morgan fingerprint density at radius 3 is 2.82 bits per heavy atom. The summed E-state index contributed by atoms with van der Waals surface area (Å²) >= 11 is 0. The molecule has 206 valence electrons. The number of allylic oxidation sites excluding steroid dienone is 8. The van der Waals surface area contributed by atoms with E-state index in [1.54, 1.807) is 25.4 Å². The fourth-order valence-corrected chi connectivity index (χ4v) is 4.70. The molecule has 0 aromatic heterocycles. The van der Waals surface area contributed by atoms with Gasteiger partial charge in [-0.25, -0.2) is 12.8 Å². The summed E-state index contributed by atoms with van der Waals surface area (Å²) in [4.78, 5) is 21.4. The summed E-state index contributed by atoms with van der Waals surface area (Å²) in [5, 5.41) is 5.97. The first-order chi connectivity index (χ1) is 17.9. The SMILES string of the molecule is C=C(/C=C/C=C(/C)C=N[C@H](C)CS(C)(=O)=O)CC1=CC(C(=O)NC/C(=C/C=C2\CC(C)=CN2)CF)CC=N1. The van der Waals surface area contributed by atoms with Crippen LogP contribution in [0, 0.1) is 5.92 Å². The molecule has 2 aliphatic rings. The lowest BCUT2D eigenvalue weighted by Gasteiger charge is -2.16. The van der Waals surface area contributed by atoms with Gasteiger partial charge in [0.1, 0.15) is 16.5 Å². The van der Waals surface area contributed by atoms with E-state index in [4.69, 9.17) is 0 Å². The van der Waals surface area contributed by atoms with Gasteiger partial charge >= 0.3 is 0 Å². The normalized spacial score (nSPS) is 20.6. The number of carbonyl (C=O) groups excluding carboxylic acids is 1. The van der Waals surface area contributed by atoms with Crippen molar-refractivity contribution in [3.63, 3.8) is 0 Å². The van der Waals surface area contributed by atoms with Crippen molar-refractivity contribution in [1.29, 1.82) is 0 Å². The summed E-state index contributed by atoms with van der Waals surface area (Å²) < 4.78 is 36.1. The van der Waals surface area contributed by atoms with Gasteiger partial charge in [-0.05, 0) is 56.1 Å². The van der Waals surface area contributed by atoms with Gasteiger partial charge in [-0.2, -0.15) is 0 Å². The Kier molecular flexibility index (Phi) is 12.3. The molecule has 2 atom stereocenters. The maximum atomic E-state index is 13.4. The molecule has 1 unspecified atom stereocenters. The maximum Gasteiger partial charge on any atom is 0.227 e. The molecule has 38 heavy (non-hydrogen) atoms. The third kappa shape index (κ3) is 12.3. The first-order valence-electron chi connectivity index (χ1n) is 12.6. The highest BCUT2D eigenvalue weighted by Gasteiger charge is 2.19. The first-order valence-corrected chi connectivity index (χ1v) is 14.6. The van der Waals surface area contributed by atoms with Crippen LogP contribution in [0.15, 0.2) is 92.9 Å². The zero-order chi connectivity index (χ0) is 28.1. The topological polar surface area (TPSA) is 100.0 Å². The quantitative estimate of drug-likeness (QED) is 0.260. The number of carbonyl (C=O) groups is 1. The van der Waals surface area contributed by atoms with Crippen LogP contribution in [0.4, 0.5) is 4.39 Å². The van der Waals surface area contributed by atoms with Crippen LogP contribution in [0.3, 0.4) is 0 Å². The van der Waals surface area contributed by atoms with Crippen LogP contribution in [0.5, 0.6) is 0 Å². The fourth-order valence-electron chi connectivity index (χ4n) is 3.74. The number of aliphatic imine (C=N–C) groups is 2. The van der Waals surface area contributed by atoms with Gasteiger partial charge in [-0.15, -0.1) is 0 Å². The Hall–Kier alpha value is -3.33. The van der Waals surface area contributed by atoms with Gasteiger partial charge in [0.25, 0.3) is 0 Å². The second-order valence-electron chi connectivity index (χ2n) is 9.82. The molecule has 0 saturated heterocycles. The monoisotopic (exact) mass is 542 g/mol. The van der Waals surface area contributed by atoms with E-state index in [-0.39, 0.29) is 30.2 Å². The van der Waals surface area contributed by atoms with Gasteiger partial charge in [0.05, 0.1) is 17.7 Å². The molecule has 2 aliphatic heterocycles. The van der Waals surface area contributed by atoms with Crippen LogP contribution < -0.4 is 10.6 Å². The Morgan fingerprint density at radius 2 is 2.16 bits per heavy atom. The lowest BCUT2D eigenvalue weighted by atomic mass is 9.98. The van der Waals surface area contributed by atoms with Crippen molar-refractivity contribution in [2.75, 3.05) is 25.2 Å². The molecule has 0 saturated carbocycles. The Morgan fingerprint density at radius 1 is 1.39 bits per heavy atom. The molecule has 7 nitrogen and oxygen atoms in total. The second-order valence-corrected chi connectivity index (χ2v) is 12.0. The van der Waals surface area contributed by atoms with Crippen molar-refractivity contribution in [3.8, 4) is 0 Å². The minimum Gasteiger partial charge on any atom is -0.365 e. The number of rotatable bonds is 13. The molecule has 1 amide bonds. The predicted octanol–water partition coefficient (Wildman–Crippen LogP) is 4.71. The minimum atomic E-state index is -3.06. The number of alkyl halides is 1. The molecule has 2 heterocycles. The van der Waals surface area contributed by atoms with Crippen molar-refractivity contribution in [3.05, 3.63) is 82.9 Å². The van der Waals surface area contributed by atoms with Crippen molar-refractivity contribution in [1.82, 2.24) is 10.6 Å². The fraction of sp³-hybridized carbons (Fsp3) is 0.414. The molecule has 0 aromatic carbocycles. The molecule has 0 aromatic rings. The number of hydrogen-bond donors (Lipinski definition) is 2. The van der Waals surface area contributed by atoms with E-state index in [9.17, 15) is 17.6 Å². The van der Waals surface area contributed by atoms with Crippen molar-refractivity contribution in [2.24, 2.45) is 15.9 Å². The average molecular weight is 543 g/mol. The third-order valence-corrected chi connectivity index (χ3v) is 6.77. The van der Waals surface area contributed by atoms with E-state index in [0.717, 1.165) is 29.0 Å². The highest BCUT2D eigenvalue weighted by Crippen LogP contribution is 2.20. The van der Waals surface area contributed by atoms with Crippen LogP contribution in [-0.2, 0) is 14.6 Å². The van der Waals surface area contributed by atoms with Gasteiger partial charge in [-0.3, -0.25) is 14.8 Å². The Labute approximate surface area is 226 Å². The molecule has 0 spiro atoms. The van der Waals surface area contributed by atoms with Crippen LogP contribution in [0.1, 0.15) is 40.0 Å². The summed E-state index contributed by atoms with van der Waals surface area (Å²) in [6.07, 6.45) is 19.3. The van der Waals surface area contributed by atoms with Gasteiger partial charge in [0, 0.05) is 55.7 Å². The molecular formula is C29H39FN4O3S. The van der Waals surface area contributed by atoms with Gasteiger partial charge in [0.15, 0.2) is 0 Å². The summed E-state index contributed by atoms with van der Waals surface area (Å²) in [6.45, 7) is 9.25. The predicted molar refractivity (Wildman–Crippen MR) is 156 cm³/mol. The molecule has 0 radical (unpaired) electrons. The number of nitrogens with zero attached hydrogens (tertiary/aromatic N) is 2. The number of halogens is 1. The van der Waals surface area contributed by atoms with Crippen LogP contribution >= 0.6 is 0 Å². The minimum absolute atomic E-state index is 0.0132. The van der Waals surface area contributed by atoms with Crippen LogP contribution in [0.25, 0.3) is 0 Å². The molecule has 0 bridgehead atoms. The van der Waals surface area contributed by atoms with E-state index in [0.29, 0.717) is 18.4 Å². The van der Waals surface area contributed by atoms with Gasteiger partial charge < -0.3 is 10.6 Å². The highest BCUT2D eigenvalue weighted by atomic mass is 32.2. The molecule has 0 fully saturated rings.